The van der Waals surface area contributed by atoms with E-state index in [0.717, 1.165) is 11.5 Å². The van der Waals surface area contributed by atoms with Gasteiger partial charge in [0.15, 0.2) is 5.69 Å². The van der Waals surface area contributed by atoms with Gasteiger partial charge >= 0.3 is 0 Å². The Labute approximate surface area is 72.4 Å². The van der Waals surface area contributed by atoms with Crippen molar-refractivity contribution < 1.29 is 0 Å². The van der Waals surface area contributed by atoms with E-state index >= 15 is 0 Å². The first kappa shape index (κ1) is 8.79. The Morgan fingerprint density at radius 2 is 2.00 bits per heavy atom. The Kier molecular flexibility index (Phi) is 1.93. The molecule has 1 rings (SSSR count). The maximum atomic E-state index is 8.76. The van der Waals surface area contributed by atoms with Crippen molar-refractivity contribution in [1.29, 1.82) is 5.26 Å². The number of hydrogen-bond donors (Lipinski definition) is 1. The van der Waals surface area contributed by atoms with Crippen LogP contribution in [0.4, 0.5) is 0 Å². The van der Waals surface area contributed by atoms with Crippen LogP contribution in [-0.2, 0) is 5.41 Å². The molecule has 0 aliphatic heterocycles. The topological polar surface area (TPSA) is 52.5 Å². The van der Waals surface area contributed by atoms with Gasteiger partial charge in [0.25, 0.3) is 0 Å². The molecule has 0 fully saturated rings. The van der Waals surface area contributed by atoms with Crippen molar-refractivity contribution in [3.8, 4) is 6.07 Å². The molecule has 0 aliphatic rings. The average molecular weight is 163 g/mol. The van der Waals surface area contributed by atoms with Crippen molar-refractivity contribution in [3.63, 3.8) is 0 Å². The summed E-state index contributed by atoms with van der Waals surface area (Å²) in [6, 6.07) is 2.08. The summed E-state index contributed by atoms with van der Waals surface area (Å²) in [5.74, 6) is 0.802. The first-order valence-corrected chi connectivity index (χ1v) is 3.92. The Morgan fingerprint density at radius 3 is 2.33 bits per heavy atom. The third-order valence-corrected chi connectivity index (χ3v) is 1.68. The van der Waals surface area contributed by atoms with Gasteiger partial charge in [0.1, 0.15) is 11.9 Å². The van der Waals surface area contributed by atoms with Gasteiger partial charge in [-0.1, -0.05) is 20.8 Å². The molecule has 1 aromatic rings. The number of rotatable bonds is 0. The number of nitriles is 1. The summed E-state index contributed by atoms with van der Waals surface area (Å²) in [7, 11) is 0. The molecule has 64 valence electrons. The van der Waals surface area contributed by atoms with Gasteiger partial charge in [-0.3, -0.25) is 0 Å². The molecule has 0 aromatic carbocycles. The first-order chi connectivity index (χ1) is 5.45. The van der Waals surface area contributed by atoms with Crippen molar-refractivity contribution >= 4 is 0 Å². The highest BCUT2D eigenvalue weighted by Gasteiger charge is 2.21. The largest absolute Gasteiger partial charge is 0.345 e. The molecule has 0 aliphatic carbocycles. The second-order valence-corrected chi connectivity index (χ2v) is 3.91. The lowest BCUT2D eigenvalue weighted by Gasteiger charge is -2.15. The number of nitrogens with zero attached hydrogens (tertiary/aromatic N) is 2. The maximum absolute atomic E-state index is 8.76. The number of aryl methyl sites for hydroxylation is 1. The maximum Gasteiger partial charge on any atom is 0.162 e. The minimum Gasteiger partial charge on any atom is -0.345 e. The molecular formula is C9H13N3. The van der Waals surface area contributed by atoms with Crippen LogP contribution in [0.5, 0.6) is 0 Å². The van der Waals surface area contributed by atoms with Crippen LogP contribution in [0.1, 0.15) is 38.0 Å². The number of imidazole rings is 1. The minimum atomic E-state index is -0.0354. The van der Waals surface area contributed by atoms with Gasteiger partial charge in [0, 0.05) is 5.41 Å². The summed E-state index contributed by atoms with van der Waals surface area (Å²) in [6.07, 6.45) is 0. The van der Waals surface area contributed by atoms with E-state index in [2.05, 4.69) is 36.8 Å². The van der Waals surface area contributed by atoms with E-state index in [-0.39, 0.29) is 5.41 Å². The molecule has 0 bridgehead atoms. The molecule has 1 N–H and O–H groups in total. The van der Waals surface area contributed by atoms with Crippen LogP contribution < -0.4 is 0 Å². The number of aromatic nitrogens is 2. The molecule has 0 spiro atoms. The van der Waals surface area contributed by atoms with Gasteiger partial charge in [0.2, 0.25) is 0 Å². The Balaban J connectivity index is 3.25. The van der Waals surface area contributed by atoms with Gasteiger partial charge in [-0.2, -0.15) is 5.26 Å². The van der Waals surface area contributed by atoms with Crippen LogP contribution in [-0.4, -0.2) is 9.97 Å². The summed E-state index contributed by atoms with van der Waals surface area (Å²) >= 11 is 0. The SMILES string of the molecule is Cc1nc(C#N)c(C(C)(C)C)[nH]1. The molecule has 3 nitrogen and oxygen atoms in total. The molecule has 0 atom stereocenters. The fraction of sp³-hybridized carbons (Fsp3) is 0.556. The highest BCUT2D eigenvalue weighted by atomic mass is 14.9. The Morgan fingerprint density at radius 1 is 1.42 bits per heavy atom. The summed E-state index contributed by atoms with van der Waals surface area (Å²) in [5, 5.41) is 8.76. The minimum absolute atomic E-state index is 0.0354. The number of nitrogens with one attached hydrogen (secondary N) is 1. The fourth-order valence-corrected chi connectivity index (χ4v) is 1.12. The fourth-order valence-electron chi connectivity index (χ4n) is 1.12. The van der Waals surface area contributed by atoms with Crippen molar-refractivity contribution in [2.45, 2.75) is 33.1 Å². The van der Waals surface area contributed by atoms with Crippen molar-refractivity contribution in [2.75, 3.05) is 0 Å². The van der Waals surface area contributed by atoms with Crippen LogP contribution >= 0.6 is 0 Å². The third-order valence-electron chi connectivity index (χ3n) is 1.68. The predicted molar refractivity (Wildman–Crippen MR) is 46.7 cm³/mol. The van der Waals surface area contributed by atoms with Gasteiger partial charge in [-0.15, -0.1) is 0 Å². The van der Waals surface area contributed by atoms with E-state index in [1.807, 2.05) is 6.92 Å². The van der Waals surface area contributed by atoms with Gasteiger partial charge in [0.05, 0.1) is 5.69 Å². The summed E-state index contributed by atoms with van der Waals surface area (Å²) in [4.78, 5) is 7.18. The van der Waals surface area contributed by atoms with E-state index in [4.69, 9.17) is 5.26 Å². The highest BCUT2D eigenvalue weighted by Crippen LogP contribution is 2.22. The molecule has 1 heterocycles. The highest BCUT2D eigenvalue weighted by molar-refractivity contribution is 5.32. The molecule has 1 aromatic heterocycles. The Hall–Kier alpha value is -1.30. The molecule has 12 heavy (non-hydrogen) atoms. The zero-order valence-corrected chi connectivity index (χ0v) is 7.89. The molecular weight excluding hydrogens is 150 g/mol. The molecule has 0 unspecified atom stereocenters. The van der Waals surface area contributed by atoms with Crippen LogP contribution in [0.25, 0.3) is 0 Å². The lowest BCUT2D eigenvalue weighted by molar-refractivity contribution is 0.570. The average Bonchev–Trinajstić information content (AvgIpc) is 2.29. The zero-order valence-electron chi connectivity index (χ0n) is 7.89. The summed E-state index contributed by atoms with van der Waals surface area (Å²) in [6.45, 7) is 8.03. The normalized spacial score (nSPS) is 11.2. The van der Waals surface area contributed by atoms with E-state index in [1.54, 1.807) is 0 Å². The van der Waals surface area contributed by atoms with Gasteiger partial charge in [-0.25, -0.2) is 4.98 Å². The van der Waals surface area contributed by atoms with Crippen LogP contribution in [0.15, 0.2) is 0 Å². The molecule has 0 amide bonds. The Bertz CT molecular complexity index is 323. The van der Waals surface area contributed by atoms with Gasteiger partial charge < -0.3 is 4.98 Å². The standard InChI is InChI=1S/C9H13N3/c1-6-11-7(5-10)8(12-6)9(2,3)4/h1-4H3,(H,11,12). The van der Waals surface area contributed by atoms with E-state index in [0.29, 0.717) is 5.69 Å². The molecule has 0 saturated carbocycles. The van der Waals surface area contributed by atoms with Crippen LogP contribution in [0, 0.1) is 18.3 Å². The number of hydrogen-bond acceptors (Lipinski definition) is 2. The monoisotopic (exact) mass is 163 g/mol. The number of H-pyrrole nitrogens is 1. The second kappa shape index (κ2) is 2.63. The second-order valence-electron chi connectivity index (χ2n) is 3.91. The summed E-state index contributed by atoms with van der Waals surface area (Å²) < 4.78 is 0. The van der Waals surface area contributed by atoms with Crippen molar-refractivity contribution in [2.24, 2.45) is 0 Å². The predicted octanol–water partition coefficient (Wildman–Crippen LogP) is 1.89. The van der Waals surface area contributed by atoms with E-state index in [1.165, 1.54) is 0 Å². The van der Waals surface area contributed by atoms with Crippen LogP contribution in [0.2, 0.25) is 0 Å². The van der Waals surface area contributed by atoms with E-state index in [9.17, 15) is 0 Å². The van der Waals surface area contributed by atoms with Crippen molar-refractivity contribution in [1.82, 2.24) is 9.97 Å². The lowest BCUT2D eigenvalue weighted by Crippen LogP contribution is -2.13. The first-order valence-electron chi connectivity index (χ1n) is 3.92. The van der Waals surface area contributed by atoms with E-state index < -0.39 is 0 Å². The summed E-state index contributed by atoms with van der Waals surface area (Å²) in [5.41, 5.74) is 1.40. The lowest BCUT2D eigenvalue weighted by atomic mass is 9.91. The quantitative estimate of drug-likeness (QED) is 0.635. The molecule has 0 radical (unpaired) electrons. The molecule has 0 saturated heterocycles. The van der Waals surface area contributed by atoms with Crippen LogP contribution in [0.3, 0.4) is 0 Å². The van der Waals surface area contributed by atoms with Crippen molar-refractivity contribution in [3.05, 3.63) is 17.2 Å². The molecule has 3 heteroatoms. The number of aromatic amines is 1. The van der Waals surface area contributed by atoms with Gasteiger partial charge in [-0.05, 0) is 6.92 Å². The smallest absolute Gasteiger partial charge is 0.162 e. The third kappa shape index (κ3) is 1.48. The zero-order chi connectivity index (χ0) is 9.35.